The third kappa shape index (κ3) is 4.08. The van der Waals surface area contributed by atoms with Crippen LogP contribution in [0.4, 0.5) is 11.4 Å². The number of hydrogen-bond acceptors (Lipinski definition) is 3. The standard InChI is InChI=1S/C17H17N3O/c1-13(14-7-3-2-4-8-14)19-15-9-5-6-10-16(15)20-17(21)11-12-18/h2-10,13,19H,11H2,1H3,(H,20,21). The minimum Gasteiger partial charge on any atom is -0.377 e. The lowest BCUT2D eigenvalue weighted by Gasteiger charge is -2.18. The predicted molar refractivity (Wildman–Crippen MR) is 83.8 cm³/mol. The van der Waals surface area contributed by atoms with Gasteiger partial charge in [-0.25, -0.2) is 0 Å². The smallest absolute Gasteiger partial charge is 0.238 e. The summed E-state index contributed by atoms with van der Waals surface area (Å²) in [5.41, 5.74) is 2.68. The number of anilines is 2. The van der Waals surface area contributed by atoms with Crippen LogP contribution in [-0.2, 0) is 4.79 Å². The highest BCUT2D eigenvalue weighted by Crippen LogP contribution is 2.26. The minimum atomic E-state index is -0.306. The third-order valence-electron chi connectivity index (χ3n) is 3.11. The normalized spacial score (nSPS) is 11.2. The summed E-state index contributed by atoms with van der Waals surface area (Å²) in [5.74, 6) is -0.306. The van der Waals surface area contributed by atoms with Gasteiger partial charge in [-0.05, 0) is 24.6 Å². The van der Waals surface area contributed by atoms with Crippen molar-refractivity contribution in [2.75, 3.05) is 10.6 Å². The molecule has 0 bridgehead atoms. The Kier molecular flexibility index (Phi) is 4.94. The Balaban J connectivity index is 2.13. The van der Waals surface area contributed by atoms with Gasteiger partial charge in [-0.3, -0.25) is 4.79 Å². The van der Waals surface area contributed by atoms with Crippen LogP contribution in [-0.4, -0.2) is 5.91 Å². The van der Waals surface area contributed by atoms with Gasteiger partial charge in [0.05, 0.1) is 17.4 Å². The number of para-hydroxylation sites is 2. The molecular formula is C17H17N3O. The Morgan fingerprint density at radius 2 is 1.71 bits per heavy atom. The molecule has 0 fully saturated rings. The summed E-state index contributed by atoms with van der Waals surface area (Å²) in [6, 6.07) is 19.5. The average molecular weight is 279 g/mol. The van der Waals surface area contributed by atoms with Crippen molar-refractivity contribution in [1.82, 2.24) is 0 Å². The lowest BCUT2D eigenvalue weighted by molar-refractivity contribution is -0.115. The van der Waals surface area contributed by atoms with E-state index in [1.807, 2.05) is 48.5 Å². The summed E-state index contributed by atoms with van der Waals surface area (Å²) in [7, 11) is 0. The van der Waals surface area contributed by atoms with Crippen LogP contribution < -0.4 is 10.6 Å². The van der Waals surface area contributed by atoms with Crippen LogP contribution in [0.5, 0.6) is 0 Å². The monoisotopic (exact) mass is 279 g/mol. The molecule has 106 valence electrons. The minimum absolute atomic E-state index is 0.111. The molecule has 1 atom stereocenters. The van der Waals surface area contributed by atoms with E-state index in [2.05, 4.69) is 29.7 Å². The fraction of sp³-hybridized carbons (Fsp3) is 0.176. The van der Waals surface area contributed by atoms with E-state index < -0.39 is 0 Å². The molecule has 0 radical (unpaired) electrons. The zero-order valence-electron chi connectivity index (χ0n) is 11.8. The van der Waals surface area contributed by atoms with E-state index in [-0.39, 0.29) is 18.4 Å². The van der Waals surface area contributed by atoms with Crippen LogP contribution >= 0.6 is 0 Å². The molecule has 1 amide bonds. The molecule has 4 heteroatoms. The molecule has 2 aromatic carbocycles. The molecule has 2 N–H and O–H groups in total. The fourth-order valence-corrected chi connectivity index (χ4v) is 2.04. The van der Waals surface area contributed by atoms with Gasteiger partial charge in [-0.15, -0.1) is 0 Å². The number of rotatable bonds is 5. The maximum atomic E-state index is 11.6. The molecule has 4 nitrogen and oxygen atoms in total. The van der Waals surface area contributed by atoms with Crippen LogP contribution in [0.1, 0.15) is 24.9 Å². The largest absolute Gasteiger partial charge is 0.377 e. The van der Waals surface area contributed by atoms with E-state index in [1.54, 1.807) is 0 Å². The molecule has 2 aromatic rings. The molecule has 0 heterocycles. The second kappa shape index (κ2) is 7.11. The highest BCUT2D eigenvalue weighted by Gasteiger charge is 2.09. The molecule has 1 unspecified atom stereocenters. The topological polar surface area (TPSA) is 64.9 Å². The van der Waals surface area contributed by atoms with Crippen molar-refractivity contribution in [2.45, 2.75) is 19.4 Å². The van der Waals surface area contributed by atoms with Gasteiger partial charge >= 0.3 is 0 Å². The molecule has 0 spiro atoms. The average Bonchev–Trinajstić information content (AvgIpc) is 2.50. The third-order valence-corrected chi connectivity index (χ3v) is 3.11. The molecule has 0 aliphatic carbocycles. The summed E-state index contributed by atoms with van der Waals surface area (Å²) < 4.78 is 0. The van der Waals surface area contributed by atoms with Gasteiger partial charge in [-0.1, -0.05) is 42.5 Å². The molecule has 2 rings (SSSR count). The van der Waals surface area contributed by atoms with Crippen LogP contribution in [0.15, 0.2) is 54.6 Å². The van der Waals surface area contributed by atoms with Crippen molar-refractivity contribution in [2.24, 2.45) is 0 Å². The Morgan fingerprint density at radius 1 is 1.10 bits per heavy atom. The van der Waals surface area contributed by atoms with Crippen molar-refractivity contribution in [1.29, 1.82) is 5.26 Å². The van der Waals surface area contributed by atoms with Crippen molar-refractivity contribution in [3.63, 3.8) is 0 Å². The number of carbonyl (C=O) groups excluding carboxylic acids is 1. The van der Waals surface area contributed by atoms with Crippen molar-refractivity contribution >= 4 is 17.3 Å². The number of amides is 1. The lowest BCUT2D eigenvalue weighted by Crippen LogP contribution is -2.13. The Labute approximate surface area is 124 Å². The molecule has 0 aromatic heterocycles. The number of carbonyl (C=O) groups is 1. The summed E-state index contributed by atoms with van der Waals surface area (Å²) in [5, 5.41) is 14.7. The Bertz CT molecular complexity index is 647. The van der Waals surface area contributed by atoms with Crippen LogP contribution in [0.2, 0.25) is 0 Å². The van der Waals surface area contributed by atoms with Crippen LogP contribution in [0.25, 0.3) is 0 Å². The molecule has 0 saturated carbocycles. The quantitative estimate of drug-likeness (QED) is 0.876. The van der Waals surface area contributed by atoms with Gasteiger partial charge in [0, 0.05) is 6.04 Å². The zero-order chi connectivity index (χ0) is 15.1. The highest BCUT2D eigenvalue weighted by atomic mass is 16.1. The van der Waals surface area contributed by atoms with E-state index in [9.17, 15) is 4.79 Å². The van der Waals surface area contributed by atoms with Gasteiger partial charge in [0.15, 0.2) is 0 Å². The fourth-order valence-electron chi connectivity index (χ4n) is 2.04. The van der Waals surface area contributed by atoms with Crippen molar-refractivity contribution < 1.29 is 4.79 Å². The Hall–Kier alpha value is -2.80. The van der Waals surface area contributed by atoms with Gasteiger partial charge in [-0.2, -0.15) is 5.26 Å². The second-order valence-corrected chi connectivity index (χ2v) is 4.71. The van der Waals surface area contributed by atoms with Gasteiger partial charge < -0.3 is 10.6 Å². The molecule has 0 aliphatic rings. The molecule has 0 aliphatic heterocycles. The van der Waals surface area contributed by atoms with E-state index in [4.69, 9.17) is 5.26 Å². The van der Waals surface area contributed by atoms with E-state index >= 15 is 0 Å². The number of nitrogens with zero attached hydrogens (tertiary/aromatic N) is 1. The highest BCUT2D eigenvalue weighted by molar-refractivity contribution is 5.95. The van der Waals surface area contributed by atoms with Crippen LogP contribution in [0, 0.1) is 11.3 Å². The summed E-state index contributed by atoms with van der Waals surface area (Å²) in [6.45, 7) is 2.06. The number of nitrogens with one attached hydrogen (secondary N) is 2. The molecular weight excluding hydrogens is 262 g/mol. The van der Waals surface area contributed by atoms with Crippen molar-refractivity contribution in [3.05, 3.63) is 60.2 Å². The number of benzene rings is 2. The maximum Gasteiger partial charge on any atom is 0.238 e. The first-order chi connectivity index (χ1) is 10.2. The summed E-state index contributed by atoms with van der Waals surface area (Å²) in [6.07, 6.45) is -0.150. The van der Waals surface area contributed by atoms with Crippen molar-refractivity contribution in [3.8, 4) is 6.07 Å². The molecule has 21 heavy (non-hydrogen) atoms. The first-order valence-corrected chi connectivity index (χ1v) is 6.78. The van der Waals surface area contributed by atoms with E-state index in [0.717, 1.165) is 11.3 Å². The second-order valence-electron chi connectivity index (χ2n) is 4.71. The summed E-state index contributed by atoms with van der Waals surface area (Å²) in [4.78, 5) is 11.6. The lowest BCUT2D eigenvalue weighted by atomic mass is 10.1. The first-order valence-electron chi connectivity index (χ1n) is 6.78. The van der Waals surface area contributed by atoms with Gasteiger partial charge in [0.2, 0.25) is 5.91 Å². The zero-order valence-corrected chi connectivity index (χ0v) is 11.8. The first kappa shape index (κ1) is 14.6. The van der Waals surface area contributed by atoms with Crippen LogP contribution in [0.3, 0.4) is 0 Å². The number of hydrogen-bond donors (Lipinski definition) is 2. The van der Waals surface area contributed by atoms with E-state index in [1.165, 1.54) is 0 Å². The van der Waals surface area contributed by atoms with Gasteiger partial charge in [0.1, 0.15) is 6.42 Å². The number of nitriles is 1. The predicted octanol–water partition coefficient (Wildman–Crippen LogP) is 3.71. The Morgan fingerprint density at radius 3 is 2.38 bits per heavy atom. The SMILES string of the molecule is CC(Nc1ccccc1NC(=O)CC#N)c1ccccc1. The van der Waals surface area contributed by atoms with Gasteiger partial charge in [0.25, 0.3) is 0 Å². The maximum absolute atomic E-state index is 11.6. The molecule has 0 saturated heterocycles. The summed E-state index contributed by atoms with van der Waals surface area (Å²) >= 11 is 0. The van der Waals surface area contributed by atoms with E-state index in [0.29, 0.717) is 5.69 Å².